The third-order valence-electron chi connectivity index (χ3n) is 7.23. The molecule has 0 aliphatic heterocycles. The standard InChI is InChI=1S/C32H44BOSi/c1-19-14-21(3)28(22(4)15-19)33(29-23(5)16-20(2)17-24(29)6)30-25(7)18-27(32(9,10)11)31(26(30)8)34-35(12)13/h14-18H,1-13H3. The van der Waals surface area contributed by atoms with Crippen LogP contribution < -0.4 is 20.8 Å². The number of aryl methyl sites for hydroxylation is 7. The van der Waals surface area contributed by atoms with E-state index in [0.717, 1.165) is 5.75 Å². The highest BCUT2D eigenvalue weighted by Crippen LogP contribution is 2.35. The minimum Gasteiger partial charge on any atom is -0.542 e. The SMILES string of the molecule is Cc1cc(C)c(B(c2c(C)cc(C)cc2C)c2c(C)cc(C(C)(C)C)c(O[Si](C)C)c2C)c(C)c1. The smallest absolute Gasteiger partial charge is 0.274 e. The third kappa shape index (κ3) is 5.46. The van der Waals surface area contributed by atoms with Gasteiger partial charge in [-0.25, -0.2) is 0 Å². The summed E-state index contributed by atoms with van der Waals surface area (Å²) in [5.41, 5.74) is 16.4. The van der Waals surface area contributed by atoms with Crippen LogP contribution in [0.5, 0.6) is 5.75 Å². The van der Waals surface area contributed by atoms with Gasteiger partial charge < -0.3 is 4.43 Å². The fourth-order valence-corrected chi connectivity index (χ4v) is 6.71. The lowest BCUT2D eigenvalue weighted by Crippen LogP contribution is -2.57. The van der Waals surface area contributed by atoms with Gasteiger partial charge in [0.25, 0.3) is 9.04 Å². The lowest BCUT2D eigenvalue weighted by Gasteiger charge is -2.32. The Kier molecular flexibility index (Phi) is 7.82. The van der Waals surface area contributed by atoms with Crippen molar-refractivity contribution < 1.29 is 4.43 Å². The summed E-state index contributed by atoms with van der Waals surface area (Å²) in [7, 11) is -0.917. The van der Waals surface area contributed by atoms with E-state index in [-0.39, 0.29) is 12.1 Å². The number of rotatable bonds is 5. The van der Waals surface area contributed by atoms with Crippen molar-refractivity contribution in [2.24, 2.45) is 0 Å². The summed E-state index contributed by atoms with van der Waals surface area (Å²) in [5, 5.41) is 0. The van der Waals surface area contributed by atoms with Gasteiger partial charge in [-0.2, -0.15) is 0 Å². The van der Waals surface area contributed by atoms with Gasteiger partial charge in [-0.15, -0.1) is 0 Å². The van der Waals surface area contributed by atoms with Crippen LogP contribution in [0.2, 0.25) is 13.1 Å². The summed E-state index contributed by atoms with van der Waals surface area (Å²) >= 11 is 0. The average molecular weight is 484 g/mol. The van der Waals surface area contributed by atoms with Crippen LogP contribution in [0.15, 0.2) is 30.3 Å². The molecule has 0 saturated heterocycles. The van der Waals surface area contributed by atoms with Gasteiger partial charge in [-0.1, -0.05) is 106 Å². The minimum atomic E-state index is -0.917. The highest BCUT2D eigenvalue weighted by Gasteiger charge is 2.34. The molecule has 35 heavy (non-hydrogen) atoms. The summed E-state index contributed by atoms with van der Waals surface area (Å²) < 4.78 is 6.68. The Balaban J connectivity index is 2.52. The number of hydrogen-bond acceptors (Lipinski definition) is 1. The summed E-state index contributed by atoms with van der Waals surface area (Å²) in [6.07, 6.45) is 0. The quantitative estimate of drug-likeness (QED) is 0.372. The fraction of sp³-hybridized carbons (Fsp3) is 0.438. The van der Waals surface area contributed by atoms with Gasteiger partial charge in [-0.3, -0.25) is 0 Å². The van der Waals surface area contributed by atoms with Gasteiger partial charge in [-0.05, 0) is 85.0 Å². The Morgan fingerprint density at radius 2 is 0.971 bits per heavy atom. The maximum Gasteiger partial charge on any atom is 0.274 e. The molecule has 0 aliphatic carbocycles. The van der Waals surface area contributed by atoms with Crippen molar-refractivity contribution in [1.82, 2.24) is 0 Å². The number of hydrogen-bond donors (Lipinski definition) is 0. The highest BCUT2D eigenvalue weighted by atomic mass is 28.3. The molecule has 0 saturated carbocycles. The molecule has 1 radical (unpaired) electrons. The van der Waals surface area contributed by atoms with E-state index in [1.807, 2.05) is 0 Å². The Bertz CT molecular complexity index is 1160. The Morgan fingerprint density at radius 1 is 0.600 bits per heavy atom. The Morgan fingerprint density at radius 3 is 1.31 bits per heavy atom. The average Bonchev–Trinajstić information content (AvgIpc) is 2.67. The van der Waals surface area contributed by atoms with Crippen molar-refractivity contribution in [3.05, 3.63) is 80.4 Å². The zero-order valence-electron chi connectivity index (χ0n) is 24.4. The fourth-order valence-electron chi connectivity index (χ4n) is 6.04. The second kappa shape index (κ2) is 10.0. The van der Waals surface area contributed by atoms with Crippen LogP contribution in [0.25, 0.3) is 0 Å². The molecule has 3 aromatic carbocycles. The van der Waals surface area contributed by atoms with Crippen molar-refractivity contribution in [1.29, 1.82) is 0 Å². The van der Waals surface area contributed by atoms with E-state index >= 15 is 0 Å². The number of benzene rings is 3. The Labute approximate surface area is 217 Å². The van der Waals surface area contributed by atoms with E-state index in [1.54, 1.807) is 0 Å². The molecule has 185 valence electrons. The topological polar surface area (TPSA) is 9.23 Å². The zero-order valence-corrected chi connectivity index (χ0v) is 25.4. The molecule has 0 heterocycles. The van der Waals surface area contributed by atoms with Crippen molar-refractivity contribution in [3.63, 3.8) is 0 Å². The van der Waals surface area contributed by atoms with Crippen LogP contribution >= 0.6 is 0 Å². The molecule has 0 amide bonds. The predicted octanol–water partition coefficient (Wildman–Crippen LogP) is 6.60. The highest BCUT2D eigenvalue weighted by molar-refractivity contribution is 6.97. The molecule has 0 unspecified atom stereocenters. The summed E-state index contributed by atoms with van der Waals surface area (Å²) in [5.74, 6) is 1.10. The molecule has 3 rings (SSSR count). The maximum atomic E-state index is 6.68. The van der Waals surface area contributed by atoms with Crippen LogP contribution in [-0.2, 0) is 5.41 Å². The molecule has 0 bridgehead atoms. The van der Waals surface area contributed by atoms with Crippen molar-refractivity contribution in [2.75, 3.05) is 0 Å². The molecule has 0 atom stereocenters. The van der Waals surface area contributed by atoms with Gasteiger partial charge in [0.15, 0.2) is 0 Å². The van der Waals surface area contributed by atoms with E-state index in [1.165, 1.54) is 66.5 Å². The lowest BCUT2D eigenvalue weighted by molar-refractivity contribution is 0.517. The van der Waals surface area contributed by atoms with Crippen LogP contribution in [0.1, 0.15) is 70.8 Å². The van der Waals surface area contributed by atoms with E-state index in [0.29, 0.717) is 0 Å². The minimum absolute atomic E-state index is 0.0155. The zero-order chi connectivity index (χ0) is 26.4. The first-order chi connectivity index (χ1) is 16.1. The normalized spacial score (nSPS) is 11.8. The van der Waals surface area contributed by atoms with Gasteiger partial charge in [0.2, 0.25) is 6.71 Å². The van der Waals surface area contributed by atoms with Gasteiger partial charge in [0, 0.05) is 0 Å². The molecule has 3 aromatic rings. The van der Waals surface area contributed by atoms with Crippen LogP contribution in [0.3, 0.4) is 0 Å². The molecular formula is C32H44BOSi. The summed E-state index contributed by atoms with van der Waals surface area (Å²) in [4.78, 5) is 0. The van der Waals surface area contributed by atoms with E-state index < -0.39 is 9.04 Å². The predicted molar refractivity (Wildman–Crippen MR) is 159 cm³/mol. The lowest BCUT2D eigenvalue weighted by atomic mass is 9.33. The molecule has 0 spiro atoms. The van der Waals surface area contributed by atoms with Crippen molar-refractivity contribution >= 4 is 32.1 Å². The molecule has 0 aromatic heterocycles. The Hall–Kier alpha value is -2.26. The summed E-state index contributed by atoms with van der Waals surface area (Å²) in [6.45, 7) is 29.7. The monoisotopic (exact) mass is 483 g/mol. The van der Waals surface area contributed by atoms with Crippen LogP contribution in [-0.4, -0.2) is 15.8 Å². The molecular weight excluding hydrogens is 439 g/mol. The van der Waals surface area contributed by atoms with E-state index in [4.69, 9.17) is 4.43 Å². The largest absolute Gasteiger partial charge is 0.542 e. The maximum absolute atomic E-state index is 6.68. The van der Waals surface area contributed by atoms with Crippen molar-refractivity contribution in [3.8, 4) is 5.75 Å². The molecule has 1 nitrogen and oxygen atoms in total. The first kappa shape index (κ1) is 27.3. The van der Waals surface area contributed by atoms with Gasteiger partial charge >= 0.3 is 0 Å². The second-order valence-corrected chi connectivity index (χ2v) is 13.9. The van der Waals surface area contributed by atoms with E-state index in [2.05, 4.69) is 120 Å². The van der Waals surface area contributed by atoms with Crippen LogP contribution in [0.4, 0.5) is 0 Å². The molecule has 0 N–H and O–H groups in total. The second-order valence-electron chi connectivity index (χ2n) is 11.9. The molecule has 3 heteroatoms. The molecule has 0 fully saturated rings. The first-order valence-corrected chi connectivity index (χ1v) is 15.3. The third-order valence-corrected chi connectivity index (χ3v) is 7.84. The summed E-state index contributed by atoms with van der Waals surface area (Å²) in [6, 6.07) is 11.8. The van der Waals surface area contributed by atoms with E-state index in [9.17, 15) is 0 Å². The van der Waals surface area contributed by atoms with Gasteiger partial charge in [0.1, 0.15) is 5.75 Å². The first-order valence-electron chi connectivity index (χ1n) is 12.9. The van der Waals surface area contributed by atoms with Crippen LogP contribution in [0, 0.1) is 55.4 Å². The molecule has 0 aliphatic rings. The van der Waals surface area contributed by atoms with Gasteiger partial charge in [0.05, 0.1) is 0 Å². The van der Waals surface area contributed by atoms with Crippen molar-refractivity contribution in [2.45, 2.75) is 94.7 Å².